The molecule has 82 heavy (non-hydrogen) atoms. The van der Waals surface area contributed by atoms with E-state index in [1.165, 1.54) is 28.8 Å². The molecule has 1 aliphatic rings. The van der Waals surface area contributed by atoms with Crippen LogP contribution in [0.2, 0.25) is 0 Å². The van der Waals surface area contributed by atoms with Gasteiger partial charge in [0, 0.05) is 41.4 Å². The standard InChI is InChI=1S/C74H64F2N4O.Pt/c1-46(2)49-32-50(47(3)4)34-51(33-49)65-39-55(74(8,9)10)40-66(52-35-56(75)42-57(76)36-52)72(65)79-45-78(68-26-18-19-27-69(68)79)58-37-53(62-23-15-14-22-61(62)48-20-12-11-13-21-48)38-60(43-58)81-59-28-29-64-63-24-16-17-25-67(63)80(70(64)44-59)71-41-54(30-31-77-71)73(5,6)7;/h11-42,46-47H,1-10H3;/q;+2. The Hall–Kier alpha value is -8.34. The van der Waals surface area contributed by atoms with E-state index in [1.54, 1.807) is 0 Å². The molecule has 0 unspecified atom stereocenters. The van der Waals surface area contributed by atoms with Crippen molar-refractivity contribution < 1.29 is 34.6 Å². The number of hydrogen-bond donors (Lipinski definition) is 0. The van der Waals surface area contributed by atoms with Crippen LogP contribution in [0.25, 0.3) is 72.1 Å². The number of rotatable bonds is 11. The molecule has 3 heterocycles. The van der Waals surface area contributed by atoms with E-state index < -0.39 is 11.6 Å². The minimum atomic E-state index is -0.655. The van der Waals surface area contributed by atoms with Gasteiger partial charge in [0.15, 0.2) is 0 Å². The largest absolute Gasteiger partial charge is 2.00 e. The first kappa shape index (κ1) is 55.6. The number of halogens is 2. The quantitative estimate of drug-likeness (QED) is 0.0955. The first-order valence-corrected chi connectivity index (χ1v) is 27.9. The third kappa shape index (κ3) is 10.6. The summed E-state index contributed by atoms with van der Waals surface area (Å²) in [5, 5.41) is 2.12. The molecule has 0 fully saturated rings. The van der Waals surface area contributed by atoms with Gasteiger partial charge < -0.3 is 9.30 Å². The van der Waals surface area contributed by atoms with Crippen LogP contribution in [0.1, 0.15) is 103 Å². The van der Waals surface area contributed by atoms with Gasteiger partial charge in [0.25, 0.3) is 11.4 Å². The van der Waals surface area contributed by atoms with Crippen molar-refractivity contribution in [3.8, 4) is 61.8 Å². The number of aromatic nitrogens is 2. The van der Waals surface area contributed by atoms with E-state index in [9.17, 15) is 0 Å². The van der Waals surface area contributed by atoms with E-state index in [1.807, 2.05) is 41.1 Å². The number of fused-ring (bicyclic) bond motifs is 4. The molecule has 1 aliphatic heterocycles. The van der Waals surface area contributed by atoms with Gasteiger partial charge in [0.1, 0.15) is 23.1 Å². The van der Waals surface area contributed by atoms with Crippen molar-refractivity contribution in [1.29, 1.82) is 0 Å². The zero-order valence-electron chi connectivity index (χ0n) is 47.9. The van der Waals surface area contributed by atoms with Gasteiger partial charge in [-0.1, -0.05) is 195 Å². The summed E-state index contributed by atoms with van der Waals surface area (Å²) in [5.41, 5.74) is 16.1. The van der Waals surface area contributed by atoms with E-state index in [0.717, 1.165) is 89.7 Å². The maximum atomic E-state index is 15.7. The molecule has 8 heteroatoms. The minimum Gasteiger partial charge on any atom is -0.509 e. The zero-order valence-corrected chi connectivity index (χ0v) is 50.2. The number of pyridine rings is 1. The maximum Gasteiger partial charge on any atom is 2.00 e. The fourth-order valence-electron chi connectivity index (χ4n) is 11.1. The zero-order chi connectivity index (χ0) is 56.5. The molecule has 5 nitrogen and oxygen atoms in total. The average Bonchev–Trinajstić information content (AvgIpc) is 3.56. The second-order valence-corrected chi connectivity index (χ2v) is 24.0. The second-order valence-electron chi connectivity index (χ2n) is 24.0. The van der Waals surface area contributed by atoms with Crippen LogP contribution in [-0.2, 0) is 31.9 Å². The topological polar surface area (TPSA) is 33.1 Å². The first-order valence-electron chi connectivity index (χ1n) is 27.9. The third-order valence-electron chi connectivity index (χ3n) is 15.6. The Morgan fingerprint density at radius 3 is 1.72 bits per heavy atom. The van der Waals surface area contributed by atoms with Crippen molar-refractivity contribution in [3.05, 3.63) is 240 Å². The molecule has 0 radical (unpaired) electrons. The van der Waals surface area contributed by atoms with Gasteiger partial charge in [0.2, 0.25) is 5.69 Å². The van der Waals surface area contributed by atoms with Crippen molar-refractivity contribution in [1.82, 2.24) is 18.7 Å². The summed E-state index contributed by atoms with van der Waals surface area (Å²) >= 11 is 0. The molecule has 12 rings (SSSR count). The Balaban J connectivity index is 0.00000705. The van der Waals surface area contributed by atoms with Crippen LogP contribution in [0.5, 0.6) is 11.5 Å². The Morgan fingerprint density at radius 2 is 1.07 bits per heavy atom. The van der Waals surface area contributed by atoms with Crippen LogP contribution in [-0.4, -0.2) is 15.6 Å². The number of para-hydroxylation sites is 3. The second kappa shape index (κ2) is 21.9. The van der Waals surface area contributed by atoms with Crippen LogP contribution >= 0.6 is 0 Å². The fourth-order valence-corrected chi connectivity index (χ4v) is 11.1. The maximum absolute atomic E-state index is 15.7. The van der Waals surface area contributed by atoms with Crippen molar-refractivity contribution in [2.24, 2.45) is 0 Å². The SMILES string of the molecule is CC(C)c1cc(-c2cc(C(C)(C)C)cc(-c3cc(F)cc(F)c3)c2[N+]2=C=[N+](c3[c-]c(Oc4[c-]c5c(cc4)c4ccccc4n5-c4cc(C(C)(C)C)ccn4)cc(-c4ccccc4-c4ccccc4)c3)c3ccccc32)cc(C(C)C)c1.[Pt+2]. The van der Waals surface area contributed by atoms with E-state index in [4.69, 9.17) is 9.72 Å². The molecular formula is C74H64F2N4OPt+2. The predicted molar refractivity (Wildman–Crippen MR) is 331 cm³/mol. The average molecular weight is 1260 g/mol. The Kier molecular flexibility index (Phi) is 14.8. The van der Waals surface area contributed by atoms with E-state index >= 15 is 8.78 Å². The molecule has 408 valence electrons. The Morgan fingerprint density at radius 1 is 0.500 bits per heavy atom. The summed E-state index contributed by atoms with van der Waals surface area (Å²) in [7, 11) is 0. The van der Waals surface area contributed by atoms with E-state index in [2.05, 4.69) is 236 Å². The minimum absolute atomic E-state index is 0. The van der Waals surface area contributed by atoms with Crippen LogP contribution < -0.4 is 13.9 Å². The van der Waals surface area contributed by atoms with Gasteiger partial charge in [-0.2, -0.15) is 6.07 Å². The van der Waals surface area contributed by atoms with Crippen molar-refractivity contribution in [2.45, 2.75) is 91.9 Å². The Labute approximate surface area is 494 Å². The fraction of sp³-hybridized carbons (Fsp3) is 0.189. The molecule has 11 aromatic rings. The summed E-state index contributed by atoms with van der Waals surface area (Å²) in [6.45, 7) is 22.0. The number of nitrogens with zero attached hydrogens (tertiary/aromatic N) is 4. The number of benzene rings is 9. The molecule has 0 spiro atoms. The molecule has 0 saturated heterocycles. The van der Waals surface area contributed by atoms with Crippen molar-refractivity contribution in [3.63, 3.8) is 0 Å². The van der Waals surface area contributed by atoms with Crippen LogP contribution in [0.3, 0.4) is 0 Å². The molecule has 2 aromatic heterocycles. The number of hydrogen-bond acceptors (Lipinski definition) is 2. The van der Waals surface area contributed by atoms with E-state index in [0.29, 0.717) is 28.3 Å². The number of ether oxygens (including phenoxy) is 1. The van der Waals surface area contributed by atoms with Gasteiger partial charge in [-0.05, 0) is 125 Å². The van der Waals surface area contributed by atoms with Crippen LogP contribution in [0.4, 0.5) is 31.5 Å². The molecule has 0 saturated carbocycles. The normalized spacial score (nSPS) is 12.5. The molecule has 0 bridgehead atoms. The Bertz CT molecular complexity index is 4320. The summed E-state index contributed by atoms with van der Waals surface area (Å²) in [6.07, 6.45) is 1.88. The summed E-state index contributed by atoms with van der Waals surface area (Å²) in [4.78, 5) is 4.92. The van der Waals surface area contributed by atoms with Crippen LogP contribution in [0.15, 0.2) is 194 Å². The van der Waals surface area contributed by atoms with Gasteiger partial charge in [-0.25, -0.2) is 13.8 Å². The molecule has 0 amide bonds. The predicted octanol–water partition coefficient (Wildman–Crippen LogP) is 20.2. The van der Waals surface area contributed by atoms with Crippen molar-refractivity contribution >= 4 is 50.6 Å². The molecule has 0 aliphatic carbocycles. The van der Waals surface area contributed by atoms with Gasteiger partial charge >= 0.3 is 27.1 Å². The molecule has 0 atom stereocenters. The monoisotopic (exact) mass is 1260 g/mol. The van der Waals surface area contributed by atoms with Crippen LogP contribution in [0, 0.1) is 23.8 Å². The summed E-state index contributed by atoms with van der Waals surface area (Å²) in [6, 6.07) is 74.1. The van der Waals surface area contributed by atoms with Gasteiger partial charge in [-0.15, -0.1) is 29.1 Å². The summed E-state index contributed by atoms with van der Waals surface area (Å²) in [5.74, 6) is 0.947. The third-order valence-corrected chi connectivity index (χ3v) is 15.6. The first-order chi connectivity index (χ1) is 38.9. The molecular weight excluding hydrogens is 1190 g/mol. The van der Waals surface area contributed by atoms with Gasteiger partial charge in [0.05, 0.1) is 11.1 Å². The smallest absolute Gasteiger partial charge is 0.509 e. The van der Waals surface area contributed by atoms with E-state index in [-0.39, 0.29) is 43.7 Å². The molecule has 0 N–H and O–H groups in total. The summed E-state index contributed by atoms with van der Waals surface area (Å²) < 4.78 is 44.7. The van der Waals surface area contributed by atoms with Crippen molar-refractivity contribution in [2.75, 3.05) is 0 Å². The van der Waals surface area contributed by atoms with Gasteiger partial charge in [-0.3, -0.25) is 0 Å². The molecule has 9 aromatic carbocycles.